The zero-order chi connectivity index (χ0) is 14.4. The van der Waals surface area contributed by atoms with Gasteiger partial charge in [-0.2, -0.15) is 0 Å². The number of nitrogens with zero attached hydrogens (tertiary/aromatic N) is 1. The number of carbonyl (C=O) groups is 1. The zero-order valence-electron chi connectivity index (χ0n) is 11.8. The second kappa shape index (κ2) is 6.70. The summed E-state index contributed by atoms with van der Waals surface area (Å²) in [4.78, 5) is 16.1. The van der Waals surface area contributed by atoms with Crippen LogP contribution in [0.1, 0.15) is 28.5 Å². The summed E-state index contributed by atoms with van der Waals surface area (Å²) in [6.45, 7) is 2.63. The van der Waals surface area contributed by atoms with Gasteiger partial charge in [-0.1, -0.05) is 31.2 Å². The lowest BCUT2D eigenvalue weighted by atomic mass is 10.1. The summed E-state index contributed by atoms with van der Waals surface area (Å²) in [6, 6.07) is 11.8. The molecule has 0 aliphatic carbocycles. The van der Waals surface area contributed by atoms with Crippen LogP contribution in [0.5, 0.6) is 0 Å². The minimum atomic E-state index is -0.165. The maximum atomic E-state index is 12.0. The molecule has 0 aliphatic rings. The van der Waals surface area contributed by atoms with Gasteiger partial charge in [0.05, 0.1) is 0 Å². The molecule has 0 saturated carbocycles. The van der Waals surface area contributed by atoms with Crippen molar-refractivity contribution in [2.75, 3.05) is 12.4 Å². The number of aryl methyl sites for hydroxylation is 1. The molecule has 1 aromatic carbocycles. The minimum Gasteiger partial charge on any atom is -0.388 e. The molecule has 0 atom stereocenters. The van der Waals surface area contributed by atoms with Crippen molar-refractivity contribution >= 4 is 11.6 Å². The maximum absolute atomic E-state index is 12.0. The third-order valence-electron chi connectivity index (χ3n) is 3.17. The Morgan fingerprint density at radius 2 is 1.85 bits per heavy atom. The lowest BCUT2D eigenvalue weighted by Gasteiger charge is -2.07. The van der Waals surface area contributed by atoms with E-state index in [1.165, 1.54) is 5.56 Å². The lowest BCUT2D eigenvalue weighted by molar-refractivity contribution is 0.0946. The van der Waals surface area contributed by atoms with E-state index in [0.717, 1.165) is 17.7 Å². The van der Waals surface area contributed by atoms with Gasteiger partial charge in [0.15, 0.2) is 0 Å². The van der Waals surface area contributed by atoms with Crippen molar-refractivity contribution in [3.05, 3.63) is 59.4 Å². The van der Waals surface area contributed by atoms with E-state index in [0.29, 0.717) is 12.2 Å². The molecule has 4 heteroatoms. The molecular formula is C16H19N3O. The van der Waals surface area contributed by atoms with E-state index in [-0.39, 0.29) is 5.91 Å². The van der Waals surface area contributed by atoms with Gasteiger partial charge in [0.2, 0.25) is 0 Å². The van der Waals surface area contributed by atoms with E-state index in [9.17, 15) is 4.79 Å². The molecule has 1 aromatic heterocycles. The fourth-order valence-corrected chi connectivity index (χ4v) is 1.88. The van der Waals surface area contributed by atoms with Gasteiger partial charge in [0.1, 0.15) is 5.69 Å². The van der Waals surface area contributed by atoms with Crippen LogP contribution in [0.25, 0.3) is 0 Å². The Morgan fingerprint density at radius 1 is 1.15 bits per heavy atom. The van der Waals surface area contributed by atoms with Crippen LogP contribution in [0.15, 0.2) is 42.6 Å². The van der Waals surface area contributed by atoms with Gasteiger partial charge in [0, 0.05) is 25.5 Å². The molecule has 4 nitrogen and oxygen atoms in total. The number of anilines is 1. The molecule has 0 spiro atoms. The van der Waals surface area contributed by atoms with Crippen LogP contribution >= 0.6 is 0 Å². The predicted octanol–water partition coefficient (Wildman–Crippen LogP) is 2.62. The van der Waals surface area contributed by atoms with Gasteiger partial charge in [-0.25, -0.2) is 0 Å². The molecule has 0 aliphatic heterocycles. The van der Waals surface area contributed by atoms with E-state index in [2.05, 4.69) is 34.7 Å². The number of aromatic nitrogens is 1. The Labute approximate surface area is 119 Å². The van der Waals surface area contributed by atoms with Crippen molar-refractivity contribution in [3.8, 4) is 0 Å². The maximum Gasteiger partial charge on any atom is 0.270 e. The van der Waals surface area contributed by atoms with Crippen molar-refractivity contribution in [3.63, 3.8) is 0 Å². The zero-order valence-corrected chi connectivity index (χ0v) is 11.8. The van der Waals surface area contributed by atoms with Crippen LogP contribution < -0.4 is 10.6 Å². The molecule has 0 unspecified atom stereocenters. The average Bonchev–Trinajstić information content (AvgIpc) is 2.53. The Hall–Kier alpha value is -2.36. The van der Waals surface area contributed by atoms with Crippen LogP contribution in [0, 0.1) is 0 Å². The van der Waals surface area contributed by atoms with Crippen molar-refractivity contribution in [1.82, 2.24) is 10.3 Å². The number of carbonyl (C=O) groups excluding carboxylic acids is 1. The number of amides is 1. The van der Waals surface area contributed by atoms with Crippen molar-refractivity contribution in [2.24, 2.45) is 0 Å². The molecule has 0 radical (unpaired) electrons. The SMILES string of the molecule is CCc1ccc(CNC(=O)c2cc(NC)ccn2)cc1. The third kappa shape index (κ3) is 3.57. The molecule has 1 amide bonds. The summed E-state index contributed by atoms with van der Waals surface area (Å²) in [7, 11) is 1.81. The van der Waals surface area contributed by atoms with Gasteiger partial charge < -0.3 is 10.6 Å². The first-order valence-corrected chi connectivity index (χ1v) is 6.72. The first-order valence-electron chi connectivity index (χ1n) is 6.72. The highest BCUT2D eigenvalue weighted by molar-refractivity contribution is 5.93. The summed E-state index contributed by atoms with van der Waals surface area (Å²) in [5.74, 6) is -0.165. The van der Waals surface area contributed by atoms with E-state index in [4.69, 9.17) is 0 Å². The molecular weight excluding hydrogens is 250 g/mol. The predicted molar refractivity (Wildman–Crippen MR) is 80.8 cm³/mol. The summed E-state index contributed by atoms with van der Waals surface area (Å²) in [6.07, 6.45) is 2.64. The topological polar surface area (TPSA) is 54.0 Å². The third-order valence-corrected chi connectivity index (χ3v) is 3.17. The van der Waals surface area contributed by atoms with Crippen LogP contribution in [-0.4, -0.2) is 17.9 Å². The highest BCUT2D eigenvalue weighted by atomic mass is 16.1. The summed E-state index contributed by atoms with van der Waals surface area (Å²) < 4.78 is 0. The first kappa shape index (κ1) is 14.1. The summed E-state index contributed by atoms with van der Waals surface area (Å²) in [5.41, 5.74) is 3.67. The van der Waals surface area contributed by atoms with Crippen molar-refractivity contribution in [1.29, 1.82) is 0 Å². The average molecular weight is 269 g/mol. The molecule has 1 heterocycles. The van der Waals surface area contributed by atoms with Gasteiger partial charge >= 0.3 is 0 Å². The van der Waals surface area contributed by atoms with Crippen LogP contribution in [0.2, 0.25) is 0 Å². The Balaban J connectivity index is 1.97. The number of pyridine rings is 1. The van der Waals surface area contributed by atoms with Crippen molar-refractivity contribution in [2.45, 2.75) is 19.9 Å². The Morgan fingerprint density at radius 3 is 2.50 bits per heavy atom. The van der Waals surface area contributed by atoms with Crippen LogP contribution in [0.4, 0.5) is 5.69 Å². The molecule has 104 valence electrons. The number of nitrogens with one attached hydrogen (secondary N) is 2. The first-order chi connectivity index (χ1) is 9.72. The largest absolute Gasteiger partial charge is 0.388 e. The van der Waals surface area contributed by atoms with Gasteiger partial charge in [-0.05, 0) is 29.7 Å². The van der Waals surface area contributed by atoms with E-state index in [1.54, 1.807) is 12.3 Å². The second-order valence-electron chi connectivity index (χ2n) is 4.53. The quantitative estimate of drug-likeness (QED) is 0.877. The lowest BCUT2D eigenvalue weighted by Crippen LogP contribution is -2.23. The summed E-state index contributed by atoms with van der Waals surface area (Å²) >= 11 is 0. The molecule has 2 rings (SSSR count). The number of rotatable bonds is 5. The van der Waals surface area contributed by atoms with E-state index < -0.39 is 0 Å². The molecule has 0 saturated heterocycles. The number of hydrogen-bond acceptors (Lipinski definition) is 3. The Kier molecular flexibility index (Phi) is 4.71. The minimum absolute atomic E-state index is 0.165. The van der Waals surface area contributed by atoms with Crippen molar-refractivity contribution < 1.29 is 4.79 Å². The number of benzene rings is 1. The van der Waals surface area contributed by atoms with Crippen LogP contribution in [-0.2, 0) is 13.0 Å². The highest BCUT2D eigenvalue weighted by Crippen LogP contribution is 2.08. The van der Waals surface area contributed by atoms with Gasteiger partial charge in [-0.3, -0.25) is 9.78 Å². The standard InChI is InChI=1S/C16H19N3O/c1-3-12-4-6-13(7-5-12)11-19-16(20)15-10-14(17-2)8-9-18-15/h4-10H,3,11H2,1-2H3,(H,17,18)(H,19,20). The van der Waals surface area contributed by atoms with E-state index >= 15 is 0 Å². The molecule has 0 bridgehead atoms. The fraction of sp³-hybridized carbons (Fsp3) is 0.250. The molecule has 0 fully saturated rings. The summed E-state index contributed by atoms with van der Waals surface area (Å²) in [5, 5.41) is 5.86. The fourth-order valence-electron chi connectivity index (χ4n) is 1.88. The van der Waals surface area contributed by atoms with Gasteiger partial charge in [0.25, 0.3) is 5.91 Å². The second-order valence-corrected chi connectivity index (χ2v) is 4.53. The van der Waals surface area contributed by atoms with Crippen LogP contribution in [0.3, 0.4) is 0 Å². The monoisotopic (exact) mass is 269 g/mol. The smallest absolute Gasteiger partial charge is 0.270 e. The molecule has 2 aromatic rings. The van der Waals surface area contributed by atoms with Gasteiger partial charge in [-0.15, -0.1) is 0 Å². The molecule has 2 N–H and O–H groups in total. The highest BCUT2D eigenvalue weighted by Gasteiger charge is 2.07. The number of hydrogen-bond donors (Lipinski definition) is 2. The van der Waals surface area contributed by atoms with E-state index in [1.807, 2.05) is 25.2 Å². The normalized spacial score (nSPS) is 10.1. The Bertz CT molecular complexity index is 579. The molecule has 20 heavy (non-hydrogen) atoms.